The second-order valence-corrected chi connectivity index (χ2v) is 4.71. The van der Waals surface area contributed by atoms with Crippen molar-refractivity contribution in [3.63, 3.8) is 0 Å². The first-order valence-electron chi connectivity index (χ1n) is 6.64. The van der Waals surface area contributed by atoms with E-state index in [1.165, 1.54) is 0 Å². The molecule has 0 saturated carbocycles. The normalized spacial score (nSPS) is 10.8. The summed E-state index contributed by atoms with van der Waals surface area (Å²) in [4.78, 5) is 4.49. The maximum Gasteiger partial charge on any atom is 0.132 e. The van der Waals surface area contributed by atoms with E-state index in [-0.39, 0.29) is 6.61 Å². The summed E-state index contributed by atoms with van der Waals surface area (Å²) >= 11 is 0. The quantitative estimate of drug-likeness (QED) is 0.764. The van der Waals surface area contributed by atoms with E-state index >= 15 is 0 Å². The van der Waals surface area contributed by atoms with Crippen molar-refractivity contribution in [2.24, 2.45) is 0 Å². The van der Waals surface area contributed by atoms with Crippen LogP contribution in [0.25, 0.3) is 22.0 Å². The van der Waals surface area contributed by atoms with Crippen LogP contribution < -0.4 is 5.73 Å². The van der Waals surface area contributed by atoms with Crippen molar-refractivity contribution in [1.82, 2.24) is 4.98 Å². The van der Waals surface area contributed by atoms with Crippen LogP contribution in [-0.4, -0.2) is 16.7 Å². The average Bonchev–Trinajstić information content (AvgIpc) is 2.48. The zero-order chi connectivity index (χ0) is 13.9. The van der Waals surface area contributed by atoms with Crippen molar-refractivity contribution in [1.29, 1.82) is 0 Å². The number of hydrogen-bond acceptors (Lipinski definition) is 3. The molecule has 1 heterocycles. The van der Waals surface area contributed by atoms with Gasteiger partial charge in [-0.1, -0.05) is 48.5 Å². The molecule has 3 nitrogen and oxygen atoms in total. The molecule has 0 radical (unpaired) electrons. The van der Waals surface area contributed by atoms with E-state index in [4.69, 9.17) is 5.73 Å². The Bertz CT molecular complexity index is 739. The molecule has 0 aliphatic carbocycles. The van der Waals surface area contributed by atoms with Crippen molar-refractivity contribution in [2.75, 3.05) is 12.3 Å². The highest BCUT2D eigenvalue weighted by Crippen LogP contribution is 2.33. The summed E-state index contributed by atoms with van der Waals surface area (Å²) in [5.74, 6) is 0.512. The highest BCUT2D eigenvalue weighted by Gasteiger charge is 2.14. The highest BCUT2D eigenvalue weighted by molar-refractivity contribution is 5.93. The zero-order valence-corrected chi connectivity index (χ0v) is 11.1. The summed E-state index contributed by atoms with van der Waals surface area (Å²) < 4.78 is 0. The maximum absolute atomic E-state index is 9.38. The second kappa shape index (κ2) is 5.31. The number of hydrogen-bond donors (Lipinski definition) is 2. The molecule has 0 saturated heterocycles. The number of nitrogen functional groups attached to an aromatic ring is 1. The number of aromatic nitrogens is 1. The monoisotopic (exact) mass is 264 g/mol. The molecule has 0 fully saturated rings. The van der Waals surface area contributed by atoms with Crippen LogP contribution in [0.5, 0.6) is 0 Å². The van der Waals surface area contributed by atoms with E-state index in [1.807, 2.05) is 54.6 Å². The Hall–Kier alpha value is -2.39. The predicted octanol–water partition coefficient (Wildman–Crippen LogP) is 3.02. The van der Waals surface area contributed by atoms with E-state index in [9.17, 15) is 5.11 Å². The van der Waals surface area contributed by atoms with Gasteiger partial charge < -0.3 is 10.8 Å². The first kappa shape index (κ1) is 12.6. The van der Waals surface area contributed by atoms with Gasteiger partial charge in [-0.25, -0.2) is 4.98 Å². The molecule has 0 aliphatic rings. The average molecular weight is 264 g/mol. The highest BCUT2D eigenvalue weighted by atomic mass is 16.2. The molecule has 0 amide bonds. The molecule has 0 atom stereocenters. The van der Waals surface area contributed by atoms with Gasteiger partial charge in [0.2, 0.25) is 0 Å². The van der Waals surface area contributed by atoms with Crippen molar-refractivity contribution in [2.45, 2.75) is 6.42 Å². The lowest BCUT2D eigenvalue weighted by Gasteiger charge is -2.14. The third-order valence-corrected chi connectivity index (χ3v) is 3.45. The number of nitrogens with two attached hydrogens (primary N) is 1. The molecular weight excluding hydrogens is 248 g/mol. The Balaban J connectivity index is 2.35. The number of pyridine rings is 1. The smallest absolute Gasteiger partial charge is 0.132 e. The summed E-state index contributed by atoms with van der Waals surface area (Å²) in [5, 5.41) is 10.4. The van der Waals surface area contributed by atoms with Crippen LogP contribution >= 0.6 is 0 Å². The number of nitrogens with zero attached hydrogens (tertiary/aromatic N) is 1. The molecule has 0 spiro atoms. The van der Waals surface area contributed by atoms with Crippen LogP contribution in [-0.2, 0) is 6.42 Å². The van der Waals surface area contributed by atoms with Gasteiger partial charge in [-0.2, -0.15) is 0 Å². The van der Waals surface area contributed by atoms with E-state index in [0.29, 0.717) is 12.2 Å². The molecule has 0 unspecified atom stereocenters. The van der Waals surface area contributed by atoms with Crippen LogP contribution in [0, 0.1) is 0 Å². The van der Waals surface area contributed by atoms with Gasteiger partial charge in [0.1, 0.15) is 5.82 Å². The van der Waals surface area contributed by atoms with Gasteiger partial charge in [0.25, 0.3) is 0 Å². The molecule has 3 heteroatoms. The van der Waals surface area contributed by atoms with Crippen LogP contribution in [0.3, 0.4) is 0 Å². The van der Waals surface area contributed by atoms with Gasteiger partial charge in [-0.05, 0) is 23.6 Å². The lowest BCUT2D eigenvalue weighted by atomic mass is 9.95. The van der Waals surface area contributed by atoms with Gasteiger partial charge in [0.15, 0.2) is 0 Å². The molecule has 2 aromatic carbocycles. The predicted molar refractivity (Wildman–Crippen MR) is 82.4 cm³/mol. The first-order chi connectivity index (χ1) is 9.81. The molecular formula is C17H16N2O. The molecule has 20 heavy (non-hydrogen) atoms. The number of anilines is 1. The summed E-state index contributed by atoms with van der Waals surface area (Å²) in [5.41, 5.74) is 10.0. The standard InChI is InChI=1S/C17H16N2O/c18-17-16(12-6-2-1-3-7-12)14(10-11-20)13-8-4-5-9-15(13)19-17/h1-9,20H,10-11H2,(H2,18,19). The van der Waals surface area contributed by atoms with Crippen LogP contribution in [0.2, 0.25) is 0 Å². The Morgan fingerprint density at radius 2 is 1.65 bits per heavy atom. The third kappa shape index (κ3) is 2.12. The SMILES string of the molecule is Nc1nc2ccccc2c(CCO)c1-c1ccccc1. The number of benzene rings is 2. The summed E-state index contributed by atoms with van der Waals surface area (Å²) in [6.07, 6.45) is 0.567. The minimum absolute atomic E-state index is 0.0906. The molecule has 100 valence electrons. The summed E-state index contributed by atoms with van der Waals surface area (Å²) in [7, 11) is 0. The van der Waals surface area contributed by atoms with E-state index in [2.05, 4.69) is 4.98 Å². The number of fused-ring (bicyclic) bond motifs is 1. The summed E-state index contributed by atoms with van der Waals surface area (Å²) in [6, 6.07) is 17.9. The van der Waals surface area contributed by atoms with Crippen LogP contribution in [0.4, 0.5) is 5.82 Å². The Morgan fingerprint density at radius 1 is 0.950 bits per heavy atom. The van der Waals surface area contributed by atoms with E-state index < -0.39 is 0 Å². The lowest BCUT2D eigenvalue weighted by Crippen LogP contribution is -2.03. The van der Waals surface area contributed by atoms with E-state index in [1.54, 1.807) is 0 Å². The number of aliphatic hydroxyl groups is 1. The summed E-state index contributed by atoms with van der Waals surface area (Å²) in [6.45, 7) is 0.0906. The van der Waals surface area contributed by atoms with Gasteiger partial charge in [-0.15, -0.1) is 0 Å². The molecule has 3 rings (SSSR count). The minimum atomic E-state index is 0.0906. The van der Waals surface area contributed by atoms with Crippen LogP contribution in [0.1, 0.15) is 5.56 Å². The Morgan fingerprint density at radius 3 is 2.40 bits per heavy atom. The van der Waals surface area contributed by atoms with Gasteiger partial charge >= 0.3 is 0 Å². The third-order valence-electron chi connectivity index (χ3n) is 3.45. The number of para-hydroxylation sites is 1. The number of rotatable bonds is 3. The maximum atomic E-state index is 9.38. The van der Waals surface area contributed by atoms with Crippen molar-refractivity contribution >= 4 is 16.7 Å². The van der Waals surface area contributed by atoms with Crippen molar-refractivity contribution < 1.29 is 5.11 Å². The van der Waals surface area contributed by atoms with Crippen LogP contribution in [0.15, 0.2) is 54.6 Å². The molecule has 0 bridgehead atoms. The van der Waals surface area contributed by atoms with Crippen molar-refractivity contribution in [3.05, 3.63) is 60.2 Å². The molecule has 1 aromatic heterocycles. The number of aliphatic hydroxyl groups excluding tert-OH is 1. The fraction of sp³-hybridized carbons (Fsp3) is 0.118. The minimum Gasteiger partial charge on any atom is -0.396 e. The second-order valence-electron chi connectivity index (χ2n) is 4.71. The fourth-order valence-electron chi connectivity index (χ4n) is 2.60. The Kier molecular flexibility index (Phi) is 3.35. The van der Waals surface area contributed by atoms with Gasteiger partial charge in [-0.3, -0.25) is 0 Å². The molecule has 3 N–H and O–H groups in total. The largest absolute Gasteiger partial charge is 0.396 e. The molecule has 0 aliphatic heterocycles. The molecule has 3 aromatic rings. The topological polar surface area (TPSA) is 59.1 Å². The van der Waals surface area contributed by atoms with E-state index in [0.717, 1.165) is 27.6 Å². The van der Waals surface area contributed by atoms with Gasteiger partial charge in [0.05, 0.1) is 5.52 Å². The first-order valence-corrected chi connectivity index (χ1v) is 6.64. The fourth-order valence-corrected chi connectivity index (χ4v) is 2.60. The van der Waals surface area contributed by atoms with Crippen molar-refractivity contribution in [3.8, 4) is 11.1 Å². The zero-order valence-electron chi connectivity index (χ0n) is 11.1. The lowest BCUT2D eigenvalue weighted by molar-refractivity contribution is 0.300. The Labute approximate surface area is 117 Å². The van der Waals surface area contributed by atoms with Gasteiger partial charge in [0, 0.05) is 17.6 Å².